The molecule has 1 N–H and O–H groups in total. The molecule has 0 aliphatic heterocycles. The highest BCUT2D eigenvalue weighted by atomic mass is 35.5. The van der Waals surface area contributed by atoms with Crippen LogP contribution in [0.25, 0.3) is 0 Å². The van der Waals surface area contributed by atoms with Crippen molar-refractivity contribution in [2.45, 2.75) is 20.1 Å². The highest BCUT2D eigenvalue weighted by Crippen LogP contribution is 2.34. The number of pyridine rings is 1. The van der Waals surface area contributed by atoms with Crippen LogP contribution in [0.2, 0.25) is 10.0 Å². The van der Waals surface area contributed by atoms with Gasteiger partial charge < -0.3 is 9.47 Å². The molecule has 0 spiro atoms. The first-order valence-corrected chi connectivity index (χ1v) is 10.2. The molecule has 1 heterocycles. The Balaban J connectivity index is 1.75. The van der Waals surface area contributed by atoms with E-state index >= 15 is 0 Å². The van der Waals surface area contributed by atoms with Crippen LogP contribution >= 0.6 is 23.2 Å². The van der Waals surface area contributed by atoms with E-state index in [1.54, 1.807) is 43.5 Å². The molecule has 0 fully saturated rings. The van der Waals surface area contributed by atoms with E-state index in [0.29, 0.717) is 28.1 Å². The van der Waals surface area contributed by atoms with Crippen LogP contribution < -0.4 is 10.2 Å². The van der Waals surface area contributed by atoms with Crippen molar-refractivity contribution in [3.8, 4) is 11.8 Å². The number of hydrogen-bond acceptors (Lipinski definition) is 6. The first-order valence-electron chi connectivity index (χ1n) is 9.46. The summed E-state index contributed by atoms with van der Waals surface area (Å²) in [5.41, 5.74) is 5.54. The number of nitriles is 1. The Hall–Kier alpha value is -3.18. The number of halogens is 3. The molecule has 1 aromatic heterocycles. The standard InChI is InChI=1S/C23H19Cl2FN4O2/c1-14-7-17(12-31-2)18(10-27)23(29-14)30-28-11-15-8-19(24)22(20(25)9-15)32-13-16-5-3-4-6-21(16)26/h3-9,11H,12-13H2,1-2H3,(H,29,30). The Labute approximate surface area is 195 Å². The van der Waals surface area contributed by atoms with Crippen molar-refractivity contribution in [2.24, 2.45) is 5.10 Å². The Morgan fingerprint density at radius 2 is 1.88 bits per heavy atom. The Kier molecular flexibility index (Phi) is 8.01. The highest BCUT2D eigenvalue weighted by Gasteiger charge is 2.12. The van der Waals surface area contributed by atoms with Gasteiger partial charge >= 0.3 is 0 Å². The summed E-state index contributed by atoms with van der Waals surface area (Å²) in [6, 6.07) is 13.4. The van der Waals surface area contributed by atoms with E-state index < -0.39 is 0 Å². The second-order valence-corrected chi connectivity index (χ2v) is 7.57. The molecule has 0 amide bonds. The van der Waals surface area contributed by atoms with Crippen LogP contribution in [0.15, 0.2) is 47.6 Å². The molecule has 3 aromatic rings. The molecule has 3 rings (SSSR count). The van der Waals surface area contributed by atoms with Crippen LogP contribution in [-0.2, 0) is 18.0 Å². The Bertz CT molecular complexity index is 1170. The zero-order valence-electron chi connectivity index (χ0n) is 17.3. The van der Waals surface area contributed by atoms with E-state index in [-0.39, 0.29) is 34.8 Å². The van der Waals surface area contributed by atoms with Gasteiger partial charge in [0.05, 0.1) is 22.9 Å². The van der Waals surface area contributed by atoms with Gasteiger partial charge in [-0.1, -0.05) is 41.4 Å². The lowest BCUT2D eigenvalue weighted by molar-refractivity contribution is 0.184. The molecule has 0 bridgehead atoms. The van der Waals surface area contributed by atoms with Gasteiger partial charge in [-0.25, -0.2) is 9.37 Å². The number of ether oxygens (including phenoxy) is 2. The van der Waals surface area contributed by atoms with Crippen molar-refractivity contribution in [1.82, 2.24) is 4.98 Å². The molecule has 0 saturated carbocycles. The van der Waals surface area contributed by atoms with E-state index in [1.165, 1.54) is 12.3 Å². The van der Waals surface area contributed by atoms with Gasteiger partial charge in [0.15, 0.2) is 11.6 Å². The zero-order chi connectivity index (χ0) is 23.1. The predicted molar refractivity (Wildman–Crippen MR) is 123 cm³/mol. The quantitative estimate of drug-likeness (QED) is 0.327. The van der Waals surface area contributed by atoms with Crippen molar-refractivity contribution < 1.29 is 13.9 Å². The number of aryl methyl sites for hydroxylation is 1. The largest absolute Gasteiger partial charge is 0.486 e. The van der Waals surface area contributed by atoms with Crippen molar-refractivity contribution in [2.75, 3.05) is 12.5 Å². The summed E-state index contributed by atoms with van der Waals surface area (Å²) in [6.45, 7) is 2.08. The molecule has 0 aliphatic carbocycles. The van der Waals surface area contributed by atoms with Gasteiger partial charge in [-0.15, -0.1) is 0 Å². The molecule has 164 valence electrons. The average Bonchev–Trinajstić information content (AvgIpc) is 2.74. The van der Waals surface area contributed by atoms with Gasteiger partial charge in [-0.3, -0.25) is 5.43 Å². The molecule has 0 saturated heterocycles. The smallest absolute Gasteiger partial charge is 0.164 e. The average molecular weight is 473 g/mol. The number of nitrogens with one attached hydrogen (secondary N) is 1. The normalized spacial score (nSPS) is 10.9. The van der Waals surface area contributed by atoms with Crippen molar-refractivity contribution in [3.05, 3.63) is 86.3 Å². The highest BCUT2D eigenvalue weighted by molar-refractivity contribution is 6.37. The number of aromatic nitrogens is 1. The number of methoxy groups -OCH3 is 1. The summed E-state index contributed by atoms with van der Waals surface area (Å²) in [7, 11) is 1.55. The summed E-state index contributed by atoms with van der Waals surface area (Å²) in [6.07, 6.45) is 1.49. The third-order valence-corrected chi connectivity index (χ3v) is 4.94. The van der Waals surface area contributed by atoms with E-state index in [0.717, 1.165) is 5.69 Å². The fraction of sp³-hybridized carbons (Fsp3) is 0.174. The molecule has 0 aliphatic rings. The second-order valence-electron chi connectivity index (χ2n) is 6.75. The van der Waals surface area contributed by atoms with Crippen molar-refractivity contribution in [1.29, 1.82) is 5.26 Å². The third kappa shape index (κ3) is 5.74. The minimum atomic E-state index is -0.371. The molecule has 2 aromatic carbocycles. The maximum absolute atomic E-state index is 13.8. The third-order valence-electron chi connectivity index (χ3n) is 4.38. The molecule has 0 unspecified atom stereocenters. The fourth-order valence-corrected chi connectivity index (χ4v) is 3.55. The van der Waals surface area contributed by atoms with Gasteiger partial charge in [-0.2, -0.15) is 10.4 Å². The van der Waals surface area contributed by atoms with E-state index in [4.69, 9.17) is 32.7 Å². The van der Waals surface area contributed by atoms with Gasteiger partial charge in [-0.05, 0) is 36.8 Å². The molecule has 32 heavy (non-hydrogen) atoms. The summed E-state index contributed by atoms with van der Waals surface area (Å²) in [5.74, 6) is 0.195. The first-order chi connectivity index (χ1) is 15.4. The molecule has 0 radical (unpaired) electrons. The monoisotopic (exact) mass is 472 g/mol. The zero-order valence-corrected chi connectivity index (χ0v) is 18.8. The lowest BCUT2D eigenvalue weighted by Crippen LogP contribution is -2.03. The minimum absolute atomic E-state index is 0.0130. The lowest BCUT2D eigenvalue weighted by Gasteiger charge is -2.11. The molecule has 6 nitrogen and oxygen atoms in total. The van der Waals surface area contributed by atoms with E-state index in [9.17, 15) is 9.65 Å². The van der Waals surface area contributed by atoms with Gasteiger partial charge in [0.2, 0.25) is 0 Å². The number of nitrogens with zero attached hydrogens (tertiary/aromatic N) is 3. The van der Waals surface area contributed by atoms with Gasteiger partial charge in [0, 0.05) is 23.9 Å². The molecular formula is C23H19Cl2FN4O2. The summed E-state index contributed by atoms with van der Waals surface area (Å²) in [5, 5.41) is 14.1. The fourth-order valence-electron chi connectivity index (χ4n) is 2.94. The predicted octanol–water partition coefficient (Wildman–Crippen LogP) is 5.88. The summed E-state index contributed by atoms with van der Waals surface area (Å²) < 4.78 is 24.5. The number of benzene rings is 2. The lowest BCUT2D eigenvalue weighted by atomic mass is 10.1. The topological polar surface area (TPSA) is 79.5 Å². The first kappa shape index (κ1) is 23.5. The van der Waals surface area contributed by atoms with E-state index in [2.05, 4.69) is 21.6 Å². The second kappa shape index (κ2) is 10.9. The SMILES string of the molecule is COCc1cc(C)nc(NN=Cc2cc(Cl)c(OCc3ccccc3F)c(Cl)c2)c1C#N. The molecule has 9 heteroatoms. The Morgan fingerprint density at radius 1 is 1.16 bits per heavy atom. The molecule has 0 atom stereocenters. The summed E-state index contributed by atoms with van der Waals surface area (Å²) in [4.78, 5) is 4.32. The van der Waals surface area contributed by atoms with Crippen LogP contribution in [0.4, 0.5) is 10.2 Å². The maximum atomic E-state index is 13.8. The van der Waals surface area contributed by atoms with Gasteiger partial charge in [0.25, 0.3) is 0 Å². The number of hydrogen-bond donors (Lipinski definition) is 1. The van der Waals surface area contributed by atoms with Gasteiger partial charge in [0.1, 0.15) is 24.1 Å². The maximum Gasteiger partial charge on any atom is 0.164 e. The van der Waals surface area contributed by atoms with Crippen molar-refractivity contribution >= 4 is 35.2 Å². The van der Waals surface area contributed by atoms with Crippen LogP contribution in [-0.4, -0.2) is 18.3 Å². The Morgan fingerprint density at radius 3 is 2.53 bits per heavy atom. The van der Waals surface area contributed by atoms with Crippen LogP contribution in [0.5, 0.6) is 5.75 Å². The summed E-state index contributed by atoms with van der Waals surface area (Å²) >= 11 is 12.6. The van der Waals surface area contributed by atoms with E-state index in [1.807, 2.05) is 6.92 Å². The number of rotatable bonds is 8. The van der Waals surface area contributed by atoms with Crippen LogP contribution in [0, 0.1) is 24.1 Å². The minimum Gasteiger partial charge on any atom is -0.486 e. The van der Waals surface area contributed by atoms with Crippen molar-refractivity contribution in [3.63, 3.8) is 0 Å². The van der Waals surface area contributed by atoms with Crippen LogP contribution in [0.3, 0.4) is 0 Å². The number of anilines is 1. The molecular weight excluding hydrogens is 454 g/mol. The van der Waals surface area contributed by atoms with Crippen LogP contribution in [0.1, 0.15) is 27.9 Å². The number of hydrazone groups is 1.